The van der Waals surface area contributed by atoms with Crippen molar-refractivity contribution in [3.05, 3.63) is 70.3 Å². The first kappa shape index (κ1) is 14.3. The summed E-state index contributed by atoms with van der Waals surface area (Å²) in [4.78, 5) is 11.6. The van der Waals surface area contributed by atoms with Gasteiger partial charge in [0.25, 0.3) is 0 Å². The Bertz CT molecular complexity index is 629. The zero-order chi connectivity index (χ0) is 14.7. The molecule has 0 radical (unpaired) electrons. The van der Waals surface area contributed by atoms with Crippen molar-refractivity contribution in [2.45, 2.75) is 33.1 Å². The molecule has 0 aromatic heterocycles. The fraction of sp³-hybridized carbons (Fsp3) is 0.278. The van der Waals surface area contributed by atoms with E-state index in [0.717, 1.165) is 16.7 Å². The molecular formula is C18H20O2. The minimum atomic E-state index is -0.770. The van der Waals surface area contributed by atoms with Gasteiger partial charge in [0.15, 0.2) is 0 Å². The van der Waals surface area contributed by atoms with Gasteiger partial charge in [0.1, 0.15) is 0 Å². The van der Waals surface area contributed by atoms with Crippen LogP contribution in [-0.2, 0) is 11.2 Å². The van der Waals surface area contributed by atoms with Crippen LogP contribution in [0.2, 0.25) is 0 Å². The van der Waals surface area contributed by atoms with Crippen LogP contribution < -0.4 is 0 Å². The van der Waals surface area contributed by atoms with E-state index in [4.69, 9.17) is 0 Å². The van der Waals surface area contributed by atoms with E-state index in [1.165, 1.54) is 11.1 Å². The number of aryl methyl sites for hydroxylation is 3. The molecule has 1 N–H and O–H groups in total. The molecule has 0 saturated carbocycles. The number of carbonyl (C=O) groups is 1. The molecule has 2 rings (SSSR count). The first-order valence-electron chi connectivity index (χ1n) is 6.83. The maximum absolute atomic E-state index is 11.6. The van der Waals surface area contributed by atoms with Crippen molar-refractivity contribution in [2.75, 3.05) is 0 Å². The largest absolute Gasteiger partial charge is 0.481 e. The first-order chi connectivity index (χ1) is 9.47. The highest BCUT2D eigenvalue weighted by Gasteiger charge is 2.20. The summed E-state index contributed by atoms with van der Waals surface area (Å²) >= 11 is 0. The Morgan fingerprint density at radius 2 is 1.80 bits per heavy atom. The van der Waals surface area contributed by atoms with E-state index in [2.05, 4.69) is 26.0 Å². The van der Waals surface area contributed by atoms with Crippen LogP contribution in [-0.4, -0.2) is 11.1 Å². The molecule has 0 aliphatic carbocycles. The second-order valence-electron chi connectivity index (χ2n) is 5.43. The van der Waals surface area contributed by atoms with Gasteiger partial charge in [-0.1, -0.05) is 48.0 Å². The zero-order valence-electron chi connectivity index (χ0n) is 12.2. The van der Waals surface area contributed by atoms with Crippen molar-refractivity contribution in [2.24, 2.45) is 0 Å². The molecule has 0 fully saturated rings. The summed E-state index contributed by atoms with van der Waals surface area (Å²) in [5.41, 5.74) is 5.47. The van der Waals surface area contributed by atoms with Crippen LogP contribution >= 0.6 is 0 Å². The minimum Gasteiger partial charge on any atom is -0.481 e. The van der Waals surface area contributed by atoms with E-state index in [9.17, 15) is 9.90 Å². The first-order valence-corrected chi connectivity index (χ1v) is 6.83. The van der Waals surface area contributed by atoms with Gasteiger partial charge < -0.3 is 5.11 Å². The summed E-state index contributed by atoms with van der Waals surface area (Å²) in [5, 5.41) is 9.50. The van der Waals surface area contributed by atoms with Crippen LogP contribution in [0, 0.1) is 20.8 Å². The van der Waals surface area contributed by atoms with E-state index in [-0.39, 0.29) is 0 Å². The van der Waals surface area contributed by atoms with Gasteiger partial charge in [-0.05, 0) is 49.4 Å². The average Bonchev–Trinajstić information content (AvgIpc) is 2.39. The average molecular weight is 268 g/mol. The Hall–Kier alpha value is -2.09. The molecule has 0 spiro atoms. The summed E-state index contributed by atoms with van der Waals surface area (Å²) in [6.45, 7) is 6.11. The monoisotopic (exact) mass is 268 g/mol. The molecule has 104 valence electrons. The fourth-order valence-electron chi connectivity index (χ4n) is 2.40. The molecule has 0 aliphatic heterocycles. The van der Waals surface area contributed by atoms with E-state index in [1.54, 1.807) is 0 Å². The SMILES string of the molecule is Cc1cccc([C@H](Cc2ccc(C)c(C)c2)C(=O)O)c1. The van der Waals surface area contributed by atoms with Gasteiger partial charge in [-0.2, -0.15) is 0 Å². The smallest absolute Gasteiger partial charge is 0.311 e. The van der Waals surface area contributed by atoms with E-state index in [1.807, 2.05) is 37.3 Å². The second-order valence-corrected chi connectivity index (χ2v) is 5.43. The highest BCUT2D eigenvalue weighted by atomic mass is 16.4. The van der Waals surface area contributed by atoms with Gasteiger partial charge in [0.2, 0.25) is 0 Å². The number of carboxylic acid groups (broad SMARTS) is 1. The highest BCUT2D eigenvalue weighted by Crippen LogP contribution is 2.23. The minimum absolute atomic E-state index is 0.489. The molecule has 0 aliphatic rings. The van der Waals surface area contributed by atoms with Gasteiger partial charge >= 0.3 is 5.97 Å². The predicted molar refractivity (Wildman–Crippen MR) is 81.2 cm³/mol. The fourth-order valence-corrected chi connectivity index (χ4v) is 2.40. The Kier molecular flexibility index (Phi) is 4.23. The van der Waals surface area contributed by atoms with Crippen molar-refractivity contribution in [1.29, 1.82) is 0 Å². The summed E-state index contributed by atoms with van der Waals surface area (Å²) in [6.07, 6.45) is 0.528. The summed E-state index contributed by atoms with van der Waals surface area (Å²) in [7, 11) is 0. The van der Waals surface area contributed by atoms with Gasteiger partial charge in [0, 0.05) is 0 Å². The number of rotatable bonds is 4. The van der Waals surface area contributed by atoms with Gasteiger partial charge in [-0.25, -0.2) is 0 Å². The predicted octanol–water partition coefficient (Wildman–Crippen LogP) is 4.02. The maximum Gasteiger partial charge on any atom is 0.311 e. The van der Waals surface area contributed by atoms with Crippen molar-refractivity contribution >= 4 is 5.97 Å². The third-order valence-corrected chi connectivity index (χ3v) is 3.75. The lowest BCUT2D eigenvalue weighted by molar-refractivity contribution is -0.138. The van der Waals surface area contributed by atoms with Crippen molar-refractivity contribution < 1.29 is 9.90 Å². The molecule has 2 nitrogen and oxygen atoms in total. The Balaban J connectivity index is 2.30. The van der Waals surface area contributed by atoms with Crippen molar-refractivity contribution in [3.8, 4) is 0 Å². The van der Waals surface area contributed by atoms with Crippen LogP contribution in [0.15, 0.2) is 42.5 Å². The van der Waals surface area contributed by atoms with Gasteiger partial charge in [-0.15, -0.1) is 0 Å². The molecular weight excluding hydrogens is 248 g/mol. The van der Waals surface area contributed by atoms with Gasteiger partial charge in [-0.3, -0.25) is 4.79 Å². The number of benzene rings is 2. The second kappa shape index (κ2) is 5.91. The van der Waals surface area contributed by atoms with Crippen molar-refractivity contribution in [3.63, 3.8) is 0 Å². The van der Waals surface area contributed by atoms with Gasteiger partial charge in [0.05, 0.1) is 5.92 Å². The molecule has 0 heterocycles. The lowest BCUT2D eigenvalue weighted by Gasteiger charge is -2.14. The molecule has 20 heavy (non-hydrogen) atoms. The van der Waals surface area contributed by atoms with E-state index in [0.29, 0.717) is 6.42 Å². The third-order valence-electron chi connectivity index (χ3n) is 3.75. The molecule has 0 saturated heterocycles. The van der Waals surface area contributed by atoms with Crippen LogP contribution in [0.1, 0.15) is 33.7 Å². The maximum atomic E-state index is 11.6. The summed E-state index contributed by atoms with van der Waals surface area (Å²) < 4.78 is 0. The molecule has 0 bridgehead atoms. The lowest BCUT2D eigenvalue weighted by Crippen LogP contribution is -2.14. The number of carboxylic acids is 1. The van der Waals surface area contributed by atoms with Crippen LogP contribution in [0.4, 0.5) is 0 Å². The number of hydrogen-bond acceptors (Lipinski definition) is 1. The van der Waals surface area contributed by atoms with Crippen LogP contribution in [0.3, 0.4) is 0 Å². The van der Waals surface area contributed by atoms with E-state index >= 15 is 0 Å². The lowest BCUT2D eigenvalue weighted by atomic mass is 9.90. The standard InChI is InChI=1S/C18H20O2/c1-12-5-4-6-16(9-12)17(18(19)20)11-15-8-7-13(2)14(3)10-15/h4-10,17H,11H2,1-3H3,(H,19,20)/t17-/m0/s1. The normalized spacial score (nSPS) is 12.2. The molecule has 0 amide bonds. The molecule has 2 aromatic rings. The zero-order valence-corrected chi connectivity index (χ0v) is 12.2. The molecule has 2 heteroatoms. The summed E-state index contributed by atoms with van der Waals surface area (Å²) in [5.74, 6) is -1.26. The Morgan fingerprint density at radius 1 is 1.05 bits per heavy atom. The highest BCUT2D eigenvalue weighted by molar-refractivity contribution is 5.76. The summed E-state index contributed by atoms with van der Waals surface area (Å²) in [6, 6.07) is 13.9. The number of aliphatic carboxylic acids is 1. The molecule has 1 atom stereocenters. The topological polar surface area (TPSA) is 37.3 Å². The molecule has 2 aromatic carbocycles. The van der Waals surface area contributed by atoms with Crippen LogP contribution in [0.5, 0.6) is 0 Å². The van der Waals surface area contributed by atoms with E-state index < -0.39 is 11.9 Å². The Labute approximate surface area is 120 Å². The van der Waals surface area contributed by atoms with Crippen LogP contribution in [0.25, 0.3) is 0 Å². The number of hydrogen-bond donors (Lipinski definition) is 1. The van der Waals surface area contributed by atoms with Crippen molar-refractivity contribution in [1.82, 2.24) is 0 Å². The Morgan fingerprint density at radius 3 is 2.40 bits per heavy atom. The quantitative estimate of drug-likeness (QED) is 0.909. The third kappa shape index (κ3) is 3.27. The molecule has 0 unspecified atom stereocenters.